The lowest BCUT2D eigenvalue weighted by molar-refractivity contribution is 0.547. The summed E-state index contributed by atoms with van der Waals surface area (Å²) in [7, 11) is 0. The van der Waals surface area contributed by atoms with E-state index in [2.05, 4.69) is 87.1 Å². The molecule has 0 fully saturated rings. The van der Waals surface area contributed by atoms with Crippen molar-refractivity contribution in [2.45, 2.75) is 39.7 Å². The first-order valence-corrected chi connectivity index (χ1v) is 9.98. The van der Waals surface area contributed by atoms with Crippen molar-refractivity contribution >= 4 is 5.69 Å². The van der Waals surface area contributed by atoms with Crippen molar-refractivity contribution in [3.8, 4) is 22.5 Å². The third-order valence-corrected chi connectivity index (χ3v) is 4.82. The van der Waals surface area contributed by atoms with E-state index in [1.54, 1.807) is 12.3 Å². The van der Waals surface area contributed by atoms with Gasteiger partial charge < -0.3 is 4.90 Å². The van der Waals surface area contributed by atoms with Gasteiger partial charge in [0.05, 0.1) is 11.4 Å². The molecule has 29 heavy (non-hydrogen) atoms. The molecule has 0 atom stereocenters. The molecule has 3 aromatic rings. The van der Waals surface area contributed by atoms with Gasteiger partial charge in [-0.3, -0.25) is 9.97 Å². The van der Waals surface area contributed by atoms with Crippen molar-refractivity contribution < 1.29 is 0 Å². The molecular formula is C26H29N3. The Hall–Kier alpha value is -3.20. The van der Waals surface area contributed by atoms with E-state index in [1.807, 2.05) is 18.2 Å². The Bertz CT molecular complexity index is 996. The van der Waals surface area contributed by atoms with Crippen molar-refractivity contribution in [2.24, 2.45) is 0 Å². The summed E-state index contributed by atoms with van der Waals surface area (Å²) in [5.74, 6) is 0. The van der Waals surface area contributed by atoms with Gasteiger partial charge in [-0.05, 0) is 80.8 Å². The van der Waals surface area contributed by atoms with E-state index in [1.165, 1.54) is 0 Å². The van der Waals surface area contributed by atoms with Crippen LogP contribution in [0.4, 0.5) is 5.69 Å². The quantitative estimate of drug-likeness (QED) is 0.445. The van der Waals surface area contributed by atoms with E-state index in [0.717, 1.165) is 46.0 Å². The molecule has 148 valence electrons. The predicted octanol–water partition coefficient (Wildman–Crippen LogP) is 6.68. The minimum Gasteiger partial charge on any atom is -0.337 e. The number of hydrogen-bond acceptors (Lipinski definition) is 3. The van der Waals surface area contributed by atoms with Crippen molar-refractivity contribution in [2.75, 3.05) is 4.90 Å². The number of pyridine rings is 2. The first-order valence-electron chi connectivity index (χ1n) is 9.98. The maximum Gasteiger partial charge on any atom is 0.0895 e. The van der Waals surface area contributed by atoms with E-state index < -0.39 is 0 Å². The molecule has 0 aliphatic rings. The Labute approximate surface area is 174 Å². The van der Waals surface area contributed by atoms with Gasteiger partial charge in [-0.1, -0.05) is 38.3 Å². The van der Waals surface area contributed by atoms with Crippen LogP contribution in [0.25, 0.3) is 22.5 Å². The standard InChI is InChI=1S/C26H29N3/c1-7-19(3)29(26(4,5)6)23-14-12-20(13-15-23)21-17-22(8-2)28-25(18-21)24-11-9-10-16-27-24/h7,9-18H,1,3,8H2,2,4-6H3. The number of aromatic nitrogens is 2. The van der Waals surface area contributed by atoms with E-state index in [-0.39, 0.29) is 5.54 Å². The molecule has 3 nitrogen and oxygen atoms in total. The molecule has 0 saturated carbocycles. The molecule has 0 aliphatic heterocycles. The summed E-state index contributed by atoms with van der Waals surface area (Å²) in [6.07, 6.45) is 4.48. The number of hydrogen-bond donors (Lipinski definition) is 0. The molecule has 0 radical (unpaired) electrons. The Morgan fingerprint density at radius 1 is 1.00 bits per heavy atom. The highest BCUT2D eigenvalue weighted by Crippen LogP contribution is 2.31. The van der Waals surface area contributed by atoms with Gasteiger partial charge in [-0.25, -0.2) is 0 Å². The van der Waals surface area contributed by atoms with Crippen LogP contribution in [0.15, 0.2) is 85.7 Å². The molecule has 0 spiro atoms. The fourth-order valence-electron chi connectivity index (χ4n) is 3.46. The molecule has 0 saturated heterocycles. The fourth-order valence-corrected chi connectivity index (χ4v) is 3.46. The minimum absolute atomic E-state index is 0.0923. The zero-order valence-electron chi connectivity index (χ0n) is 17.8. The van der Waals surface area contributed by atoms with Gasteiger partial charge in [0.1, 0.15) is 0 Å². The normalized spacial score (nSPS) is 11.2. The maximum atomic E-state index is 4.77. The number of benzene rings is 1. The molecule has 0 bridgehead atoms. The van der Waals surface area contributed by atoms with Crippen molar-refractivity contribution in [3.05, 3.63) is 91.4 Å². The molecule has 0 unspecified atom stereocenters. The predicted molar refractivity (Wildman–Crippen MR) is 124 cm³/mol. The summed E-state index contributed by atoms with van der Waals surface area (Å²) in [6.45, 7) is 16.7. The smallest absolute Gasteiger partial charge is 0.0895 e. The Morgan fingerprint density at radius 2 is 1.72 bits per heavy atom. The van der Waals surface area contributed by atoms with E-state index >= 15 is 0 Å². The first kappa shape index (κ1) is 20.5. The summed E-state index contributed by atoms with van der Waals surface area (Å²) in [5, 5.41) is 0. The summed E-state index contributed by atoms with van der Waals surface area (Å²) >= 11 is 0. The molecule has 2 heterocycles. The number of aryl methyl sites for hydroxylation is 1. The Kier molecular flexibility index (Phi) is 5.97. The molecule has 1 aromatic carbocycles. The van der Waals surface area contributed by atoms with Crippen molar-refractivity contribution in [3.63, 3.8) is 0 Å². The second-order valence-electron chi connectivity index (χ2n) is 8.05. The molecule has 0 N–H and O–H groups in total. The fraction of sp³-hybridized carbons (Fsp3) is 0.231. The summed E-state index contributed by atoms with van der Waals surface area (Å²) in [4.78, 5) is 11.4. The van der Waals surface area contributed by atoms with Crippen LogP contribution in [-0.2, 0) is 6.42 Å². The largest absolute Gasteiger partial charge is 0.337 e. The van der Waals surface area contributed by atoms with E-state index in [9.17, 15) is 0 Å². The third-order valence-electron chi connectivity index (χ3n) is 4.82. The van der Waals surface area contributed by atoms with Gasteiger partial charge in [0, 0.05) is 28.8 Å². The van der Waals surface area contributed by atoms with Gasteiger partial charge in [-0.2, -0.15) is 0 Å². The molecular weight excluding hydrogens is 354 g/mol. The molecule has 0 aliphatic carbocycles. The average Bonchev–Trinajstić information content (AvgIpc) is 2.73. The topological polar surface area (TPSA) is 29.0 Å². The summed E-state index contributed by atoms with van der Waals surface area (Å²) in [5.41, 5.74) is 7.05. The third kappa shape index (κ3) is 4.62. The summed E-state index contributed by atoms with van der Waals surface area (Å²) in [6, 6.07) is 18.8. The lowest BCUT2D eigenvalue weighted by Crippen LogP contribution is -2.40. The van der Waals surface area contributed by atoms with Gasteiger partial charge in [0.25, 0.3) is 0 Å². The molecule has 2 aromatic heterocycles. The highest BCUT2D eigenvalue weighted by atomic mass is 15.2. The Morgan fingerprint density at radius 3 is 2.28 bits per heavy atom. The van der Waals surface area contributed by atoms with Gasteiger partial charge in [0.2, 0.25) is 0 Å². The van der Waals surface area contributed by atoms with Crippen LogP contribution in [0.5, 0.6) is 0 Å². The number of anilines is 1. The lowest BCUT2D eigenvalue weighted by Gasteiger charge is -2.38. The van der Waals surface area contributed by atoms with Crippen molar-refractivity contribution in [1.82, 2.24) is 9.97 Å². The second kappa shape index (κ2) is 8.44. The van der Waals surface area contributed by atoms with E-state index in [0.29, 0.717) is 0 Å². The number of allylic oxidation sites excluding steroid dienone is 1. The first-order chi connectivity index (χ1) is 13.8. The van der Waals surface area contributed by atoms with Crippen LogP contribution >= 0.6 is 0 Å². The van der Waals surface area contributed by atoms with E-state index in [4.69, 9.17) is 4.98 Å². The van der Waals surface area contributed by atoms with Gasteiger partial charge in [-0.15, -0.1) is 0 Å². The van der Waals surface area contributed by atoms with Crippen LogP contribution in [0, 0.1) is 0 Å². The second-order valence-corrected chi connectivity index (χ2v) is 8.05. The monoisotopic (exact) mass is 383 g/mol. The Balaban J connectivity index is 2.01. The van der Waals surface area contributed by atoms with Crippen LogP contribution in [0.3, 0.4) is 0 Å². The molecule has 3 rings (SSSR count). The van der Waals surface area contributed by atoms with Crippen molar-refractivity contribution in [1.29, 1.82) is 0 Å². The maximum absolute atomic E-state index is 4.77. The summed E-state index contributed by atoms with van der Waals surface area (Å²) < 4.78 is 0. The van der Waals surface area contributed by atoms with Crippen LogP contribution in [0.2, 0.25) is 0 Å². The SMILES string of the molecule is C=CC(=C)N(c1ccc(-c2cc(CC)nc(-c3ccccn3)c2)cc1)C(C)(C)C. The number of nitrogens with zero attached hydrogens (tertiary/aromatic N) is 3. The minimum atomic E-state index is -0.0923. The van der Waals surface area contributed by atoms with Gasteiger partial charge in [0.15, 0.2) is 0 Å². The average molecular weight is 384 g/mol. The van der Waals surface area contributed by atoms with Crippen LogP contribution < -0.4 is 4.90 Å². The highest BCUT2D eigenvalue weighted by Gasteiger charge is 2.23. The molecule has 0 amide bonds. The highest BCUT2D eigenvalue weighted by molar-refractivity contribution is 5.72. The zero-order chi connectivity index (χ0) is 21.0. The zero-order valence-corrected chi connectivity index (χ0v) is 17.8. The molecule has 3 heteroatoms. The van der Waals surface area contributed by atoms with Crippen LogP contribution in [-0.4, -0.2) is 15.5 Å². The van der Waals surface area contributed by atoms with Gasteiger partial charge >= 0.3 is 0 Å². The van der Waals surface area contributed by atoms with Crippen LogP contribution in [0.1, 0.15) is 33.4 Å². The number of rotatable bonds is 6. The lowest BCUT2D eigenvalue weighted by atomic mass is 10.00.